The Hall–Kier alpha value is -2.78. The van der Waals surface area contributed by atoms with E-state index in [0.717, 1.165) is 16.7 Å². The fourth-order valence-electron chi connectivity index (χ4n) is 5.47. The van der Waals surface area contributed by atoms with Crippen LogP contribution in [0.5, 0.6) is 0 Å². The number of rotatable bonds is 14. The van der Waals surface area contributed by atoms with E-state index in [2.05, 4.69) is 0 Å². The number of aliphatic hydroxyl groups excluding tert-OH is 4. The monoisotopic (exact) mass is 626 g/mol. The molecule has 2 saturated heterocycles. The molecule has 10 atom stereocenters. The van der Waals surface area contributed by atoms with Crippen LogP contribution in [0.3, 0.4) is 0 Å². The summed E-state index contributed by atoms with van der Waals surface area (Å²) >= 11 is 0. The molecule has 45 heavy (non-hydrogen) atoms. The lowest BCUT2D eigenvalue weighted by Crippen LogP contribution is -2.65. The molecule has 0 aromatic heterocycles. The van der Waals surface area contributed by atoms with Crippen LogP contribution in [0.25, 0.3) is 0 Å². The van der Waals surface area contributed by atoms with Crippen LogP contribution in [0, 0.1) is 0 Å². The molecule has 3 aromatic rings. The Kier molecular flexibility index (Phi) is 12.4. The highest BCUT2D eigenvalue weighted by Crippen LogP contribution is 2.33. The van der Waals surface area contributed by atoms with Gasteiger partial charge in [0.2, 0.25) is 0 Å². The Morgan fingerprint density at radius 1 is 0.578 bits per heavy atom. The highest BCUT2D eigenvalue weighted by atomic mass is 16.8. The molecule has 0 spiro atoms. The fraction of sp³-hybridized carbons (Fsp3) is 0.471. The van der Waals surface area contributed by atoms with Gasteiger partial charge in [0.1, 0.15) is 48.8 Å². The first-order valence-electron chi connectivity index (χ1n) is 15.1. The van der Waals surface area contributed by atoms with Gasteiger partial charge in [0.15, 0.2) is 12.6 Å². The topological polar surface area (TPSA) is 146 Å². The molecule has 11 nitrogen and oxygen atoms in total. The SMILES string of the molecule is CO[C@H]1O[C@H](COCc2ccccc2)[C@@H](O[C@@H]2O[C@H](CO)[C@@H](O)[C@H](O)[C@H]2O)[C@H](OCc2ccccc2)[C@H]1OCc1ccccc1. The predicted octanol–water partition coefficient (Wildman–Crippen LogP) is 1.93. The van der Waals surface area contributed by atoms with Crippen LogP contribution in [0.1, 0.15) is 16.7 Å². The average Bonchev–Trinajstić information content (AvgIpc) is 3.08. The van der Waals surface area contributed by atoms with Gasteiger partial charge in [-0.2, -0.15) is 0 Å². The van der Waals surface area contributed by atoms with E-state index in [1.807, 2.05) is 91.0 Å². The molecular weight excluding hydrogens is 584 g/mol. The van der Waals surface area contributed by atoms with Gasteiger partial charge in [-0.1, -0.05) is 91.0 Å². The van der Waals surface area contributed by atoms with Gasteiger partial charge in [-0.05, 0) is 16.7 Å². The summed E-state index contributed by atoms with van der Waals surface area (Å²) in [7, 11) is 1.51. The second-order valence-electron chi connectivity index (χ2n) is 11.1. The Balaban J connectivity index is 1.44. The first kappa shape index (κ1) is 33.6. The van der Waals surface area contributed by atoms with Crippen LogP contribution in [0.4, 0.5) is 0 Å². The van der Waals surface area contributed by atoms with Crippen molar-refractivity contribution in [3.05, 3.63) is 108 Å². The summed E-state index contributed by atoms with van der Waals surface area (Å²) in [6.45, 7) is 0.168. The fourth-order valence-corrected chi connectivity index (χ4v) is 5.47. The normalized spacial score (nSPS) is 31.9. The zero-order valence-corrected chi connectivity index (χ0v) is 25.1. The molecule has 0 aliphatic carbocycles. The van der Waals surface area contributed by atoms with Crippen molar-refractivity contribution in [1.82, 2.24) is 0 Å². The maximum Gasteiger partial charge on any atom is 0.187 e. The van der Waals surface area contributed by atoms with Crippen LogP contribution < -0.4 is 0 Å². The van der Waals surface area contributed by atoms with Crippen molar-refractivity contribution in [3.63, 3.8) is 0 Å². The average molecular weight is 627 g/mol. The molecule has 2 aliphatic heterocycles. The van der Waals surface area contributed by atoms with Crippen molar-refractivity contribution in [1.29, 1.82) is 0 Å². The third-order valence-corrected chi connectivity index (χ3v) is 7.93. The molecule has 2 heterocycles. The summed E-state index contributed by atoms with van der Waals surface area (Å²) in [6.07, 6.45) is -11.7. The first-order valence-corrected chi connectivity index (χ1v) is 15.1. The summed E-state index contributed by atoms with van der Waals surface area (Å²) < 4.78 is 43.2. The van der Waals surface area contributed by atoms with Gasteiger partial charge in [-0.25, -0.2) is 0 Å². The van der Waals surface area contributed by atoms with Gasteiger partial charge in [-0.15, -0.1) is 0 Å². The molecule has 3 aromatic carbocycles. The minimum absolute atomic E-state index is 0.0491. The van der Waals surface area contributed by atoms with E-state index in [-0.39, 0.29) is 19.8 Å². The number of ether oxygens (including phenoxy) is 7. The lowest BCUT2D eigenvalue weighted by molar-refractivity contribution is -0.366. The molecule has 2 fully saturated rings. The lowest BCUT2D eigenvalue weighted by atomic mass is 9.96. The summed E-state index contributed by atoms with van der Waals surface area (Å²) in [4.78, 5) is 0. The van der Waals surface area contributed by atoms with Gasteiger partial charge in [0.25, 0.3) is 0 Å². The second-order valence-corrected chi connectivity index (χ2v) is 11.1. The largest absolute Gasteiger partial charge is 0.394 e. The number of aliphatic hydroxyl groups is 4. The lowest BCUT2D eigenvalue weighted by Gasteiger charge is -2.48. The highest BCUT2D eigenvalue weighted by molar-refractivity contribution is 5.15. The molecule has 0 radical (unpaired) electrons. The molecule has 0 amide bonds. The quantitative estimate of drug-likeness (QED) is 0.208. The third kappa shape index (κ3) is 8.73. The van der Waals surface area contributed by atoms with E-state index in [1.54, 1.807) is 0 Å². The summed E-state index contributed by atoms with van der Waals surface area (Å²) in [5.41, 5.74) is 2.79. The maximum absolute atomic E-state index is 10.9. The van der Waals surface area contributed by atoms with Gasteiger partial charge in [-0.3, -0.25) is 0 Å². The number of benzene rings is 3. The Morgan fingerprint density at radius 2 is 1.09 bits per heavy atom. The van der Waals surface area contributed by atoms with Crippen LogP contribution in [0.15, 0.2) is 91.0 Å². The smallest absolute Gasteiger partial charge is 0.187 e. The molecule has 4 N–H and O–H groups in total. The minimum atomic E-state index is -1.63. The molecule has 244 valence electrons. The van der Waals surface area contributed by atoms with E-state index < -0.39 is 68.0 Å². The van der Waals surface area contributed by atoms with E-state index in [4.69, 9.17) is 33.2 Å². The molecule has 11 heteroatoms. The van der Waals surface area contributed by atoms with E-state index in [1.165, 1.54) is 7.11 Å². The van der Waals surface area contributed by atoms with Crippen LogP contribution >= 0.6 is 0 Å². The first-order chi connectivity index (χ1) is 22.0. The molecular formula is C34H42O11. The maximum atomic E-state index is 10.9. The Bertz CT molecular complexity index is 1250. The summed E-state index contributed by atoms with van der Waals surface area (Å²) in [6, 6.07) is 28.9. The van der Waals surface area contributed by atoms with E-state index >= 15 is 0 Å². The molecule has 0 saturated carbocycles. The third-order valence-electron chi connectivity index (χ3n) is 7.93. The molecule has 0 bridgehead atoms. The highest BCUT2D eigenvalue weighted by Gasteiger charge is 2.52. The Morgan fingerprint density at radius 3 is 1.62 bits per heavy atom. The molecule has 0 unspecified atom stereocenters. The van der Waals surface area contributed by atoms with Gasteiger partial charge < -0.3 is 53.6 Å². The zero-order valence-electron chi connectivity index (χ0n) is 25.1. The predicted molar refractivity (Wildman–Crippen MR) is 160 cm³/mol. The zero-order chi connectivity index (χ0) is 31.6. The van der Waals surface area contributed by atoms with Crippen LogP contribution in [0.2, 0.25) is 0 Å². The number of hydrogen-bond donors (Lipinski definition) is 4. The van der Waals surface area contributed by atoms with Crippen LogP contribution in [-0.4, -0.2) is 102 Å². The minimum Gasteiger partial charge on any atom is -0.394 e. The molecule has 5 rings (SSSR count). The summed E-state index contributed by atoms with van der Waals surface area (Å²) in [5.74, 6) is 0. The van der Waals surface area contributed by atoms with Gasteiger partial charge in [0.05, 0.1) is 33.0 Å². The van der Waals surface area contributed by atoms with Crippen molar-refractivity contribution in [2.24, 2.45) is 0 Å². The van der Waals surface area contributed by atoms with Crippen molar-refractivity contribution in [2.75, 3.05) is 20.3 Å². The van der Waals surface area contributed by atoms with Crippen molar-refractivity contribution >= 4 is 0 Å². The van der Waals surface area contributed by atoms with Crippen molar-refractivity contribution in [2.45, 2.75) is 81.2 Å². The Labute approximate surface area is 262 Å². The van der Waals surface area contributed by atoms with E-state index in [0.29, 0.717) is 6.61 Å². The van der Waals surface area contributed by atoms with Crippen LogP contribution in [-0.2, 0) is 53.0 Å². The van der Waals surface area contributed by atoms with E-state index in [9.17, 15) is 20.4 Å². The second kappa shape index (κ2) is 16.7. The molecule has 2 aliphatic rings. The number of methoxy groups -OCH3 is 1. The van der Waals surface area contributed by atoms with Crippen molar-refractivity contribution < 1.29 is 53.6 Å². The standard InChI is InChI=1S/C34H42O11/c1-39-34-32(42-20-24-15-9-4-10-16-24)31(41-19-23-13-7-3-8-14-23)30(26(44-34)21-40-18-22-11-5-2-6-12-22)45-33-29(38)28(37)27(36)25(17-35)43-33/h2-16,25-38H,17-21H2,1H3/t25-,26-,27-,28+,29-,30-,31+,32-,33+,34+/m1/s1. The summed E-state index contributed by atoms with van der Waals surface area (Å²) in [5, 5.41) is 41.5. The van der Waals surface area contributed by atoms with Gasteiger partial charge >= 0.3 is 0 Å². The van der Waals surface area contributed by atoms with Gasteiger partial charge in [0, 0.05) is 7.11 Å². The number of hydrogen-bond acceptors (Lipinski definition) is 11. The van der Waals surface area contributed by atoms with Crippen molar-refractivity contribution in [3.8, 4) is 0 Å².